The zero-order valence-corrected chi connectivity index (χ0v) is 11.7. The van der Waals surface area contributed by atoms with E-state index < -0.39 is 0 Å². The monoisotopic (exact) mass is 344 g/mol. The van der Waals surface area contributed by atoms with Crippen molar-refractivity contribution in [3.05, 3.63) is 32.7 Å². The minimum absolute atomic E-state index is 0.0440. The molecular formula is C12H10Br2O2. The summed E-state index contributed by atoms with van der Waals surface area (Å²) >= 11 is 6.82. The lowest BCUT2D eigenvalue weighted by atomic mass is 9.83. The first-order chi connectivity index (χ1) is 7.54. The molecule has 0 heterocycles. The van der Waals surface area contributed by atoms with Crippen molar-refractivity contribution in [2.75, 3.05) is 0 Å². The molecule has 2 nitrogen and oxygen atoms in total. The summed E-state index contributed by atoms with van der Waals surface area (Å²) in [4.78, 5) is 22.8. The molecule has 0 aliphatic heterocycles. The molecule has 0 radical (unpaired) electrons. The van der Waals surface area contributed by atoms with Crippen LogP contribution in [-0.2, 0) is 9.59 Å². The van der Waals surface area contributed by atoms with Crippen molar-refractivity contribution >= 4 is 43.4 Å². The van der Waals surface area contributed by atoms with E-state index in [9.17, 15) is 9.59 Å². The lowest BCUT2D eigenvalue weighted by Crippen LogP contribution is -2.21. The largest absolute Gasteiger partial charge is 0.299 e. The summed E-state index contributed by atoms with van der Waals surface area (Å²) in [7, 11) is 0. The molecule has 0 atom stereocenters. The fraction of sp³-hybridized carbons (Fsp3) is 0.333. The van der Waals surface area contributed by atoms with Crippen LogP contribution in [0.15, 0.2) is 27.1 Å². The fourth-order valence-corrected chi connectivity index (χ4v) is 3.36. The minimum Gasteiger partial charge on any atom is -0.299 e. The van der Waals surface area contributed by atoms with Crippen LogP contribution in [0.5, 0.6) is 0 Å². The standard InChI is InChI=1S/C12H10Br2O2/c13-9-1-7(2-10(14)5-9)8-3-11(15)6-12(16)4-8/h1-2,5,8H,3-4,6H2. The van der Waals surface area contributed by atoms with Crippen LogP contribution in [0.4, 0.5) is 0 Å². The summed E-state index contributed by atoms with van der Waals surface area (Å²) < 4.78 is 1.92. The highest BCUT2D eigenvalue weighted by atomic mass is 79.9. The van der Waals surface area contributed by atoms with Gasteiger partial charge in [0.15, 0.2) is 0 Å². The zero-order valence-electron chi connectivity index (χ0n) is 8.50. The Morgan fingerprint density at radius 3 is 1.94 bits per heavy atom. The van der Waals surface area contributed by atoms with Gasteiger partial charge in [-0.15, -0.1) is 0 Å². The van der Waals surface area contributed by atoms with Crippen molar-refractivity contribution in [1.29, 1.82) is 0 Å². The van der Waals surface area contributed by atoms with Gasteiger partial charge < -0.3 is 0 Å². The number of carbonyl (C=O) groups is 2. The molecule has 0 amide bonds. The summed E-state index contributed by atoms with van der Waals surface area (Å²) in [5, 5.41) is 0. The number of halogens is 2. The smallest absolute Gasteiger partial charge is 0.140 e. The summed E-state index contributed by atoms with van der Waals surface area (Å²) in [6, 6.07) is 5.89. The second kappa shape index (κ2) is 4.80. The van der Waals surface area contributed by atoms with Crippen LogP contribution in [0.1, 0.15) is 30.7 Å². The van der Waals surface area contributed by atoms with Crippen molar-refractivity contribution in [3.63, 3.8) is 0 Å². The molecule has 0 spiro atoms. The van der Waals surface area contributed by atoms with Gasteiger partial charge in [0.2, 0.25) is 0 Å². The molecule has 16 heavy (non-hydrogen) atoms. The molecule has 1 aromatic carbocycles. The maximum absolute atomic E-state index is 11.4. The summed E-state index contributed by atoms with van der Waals surface area (Å²) in [6.07, 6.45) is 1.08. The van der Waals surface area contributed by atoms with E-state index in [1.807, 2.05) is 18.2 Å². The SMILES string of the molecule is O=C1CC(=O)CC(c2cc(Br)cc(Br)c2)C1. The Hall–Kier alpha value is -0.480. The third-order valence-corrected chi connectivity index (χ3v) is 3.61. The first kappa shape index (κ1) is 12.0. The molecule has 1 aromatic rings. The van der Waals surface area contributed by atoms with Crippen molar-refractivity contribution in [3.8, 4) is 0 Å². The van der Waals surface area contributed by atoms with E-state index in [2.05, 4.69) is 31.9 Å². The van der Waals surface area contributed by atoms with Gasteiger partial charge in [0, 0.05) is 21.8 Å². The number of rotatable bonds is 1. The van der Waals surface area contributed by atoms with Crippen LogP contribution < -0.4 is 0 Å². The van der Waals surface area contributed by atoms with Crippen LogP contribution in [0, 0.1) is 0 Å². The van der Waals surface area contributed by atoms with Gasteiger partial charge in [-0.3, -0.25) is 9.59 Å². The molecule has 2 rings (SSSR count). The van der Waals surface area contributed by atoms with Crippen LogP contribution >= 0.6 is 31.9 Å². The summed E-state index contributed by atoms with van der Waals surface area (Å²) in [5.74, 6) is 0.150. The highest BCUT2D eigenvalue weighted by Crippen LogP contribution is 2.32. The molecule has 84 valence electrons. The van der Waals surface area contributed by atoms with Gasteiger partial charge in [-0.2, -0.15) is 0 Å². The zero-order chi connectivity index (χ0) is 11.7. The molecule has 4 heteroatoms. The third kappa shape index (κ3) is 2.80. The lowest BCUT2D eigenvalue weighted by Gasteiger charge is -2.20. The number of Topliss-reactive ketones (excluding diaryl/α,β-unsaturated/α-hetero) is 2. The number of ketones is 2. The molecule has 0 unspecified atom stereocenters. The van der Waals surface area contributed by atoms with E-state index in [-0.39, 0.29) is 23.9 Å². The normalized spacial score (nSPS) is 17.9. The van der Waals surface area contributed by atoms with Gasteiger partial charge >= 0.3 is 0 Å². The fourth-order valence-electron chi connectivity index (χ4n) is 2.03. The summed E-state index contributed by atoms with van der Waals surface area (Å²) in [5.41, 5.74) is 1.04. The predicted octanol–water partition coefficient (Wildman–Crippen LogP) is 3.62. The van der Waals surface area contributed by atoms with Crippen molar-refractivity contribution < 1.29 is 9.59 Å². The van der Waals surface area contributed by atoms with Crippen LogP contribution in [0.3, 0.4) is 0 Å². The Kier molecular flexibility index (Phi) is 3.60. The number of carbonyl (C=O) groups excluding carboxylic acids is 2. The average molecular weight is 346 g/mol. The Balaban J connectivity index is 2.29. The van der Waals surface area contributed by atoms with Crippen molar-refractivity contribution in [1.82, 2.24) is 0 Å². The molecule has 1 aliphatic rings. The van der Waals surface area contributed by atoms with Crippen LogP contribution in [0.25, 0.3) is 0 Å². The number of benzene rings is 1. The maximum atomic E-state index is 11.4. The van der Waals surface area contributed by atoms with Crippen molar-refractivity contribution in [2.45, 2.75) is 25.2 Å². The molecule has 0 bridgehead atoms. The quantitative estimate of drug-likeness (QED) is 0.728. The Morgan fingerprint density at radius 1 is 0.938 bits per heavy atom. The topological polar surface area (TPSA) is 34.1 Å². The van der Waals surface area contributed by atoms with Crippen LogP contribution in [0.2, 0.25) is 0 Å². The number of hydrogen-bond donors (Lipinski definition) is 0. The second-order valence-corrected chi connectivity index (χ2v) is 5.89. The average Bonchev–Trinajstić information content (AvgIpc) is 2.14. The van der Waals surface area contributed by atoms with E-state index in [1.54, 1.807) is 0 Å². The lowest BCUT2D eigenvalue weighted by molar-refractivity contribution is -0.130. The molecule has 0 aromatic heterocycles. The number of hydrogen-bond acceptors (Lipinski definition) is 2. The van der Waals surface area contributed by atoms with E-state index in [1.165, 1.54) is 0 Å². The molecule has 1 fully saturated rings. The van der Waals surface area contributed by atoms with E-state index in [4.69, 9.17) is 0 Å². The molecule has 1 aliphatic carbocycles. The Morgan fingerprint density at radius 2 is 1.44 bits per heavy atom. The molecule has 1 saturated carbocycles. The minimum atomic E-state index is 0.0440. The van der Waals surface area contributed by atoms with E-state index in [0.29, 0.717) is 12.8 Å². The third-order valence-electron chi connectivity index (χ3n) is 2.70. The Labute approximate surface area is 111 Å². The second-order valence-electron chi connectivity index (χ2n) is 4.06. The summed E-state index contributed by atoms with van der Waals surface area (Å²) in [6.45, 7) is 0. The van der Waals surface area contributed by atoms with Gasteiger partial charge in [-0.25, -0.2) is 0 Å². The first-order valence-corrected chi connectivity index (χ1v) is 6.62. The van der Waals surface area contributed by atoms with E-state index in [0.717, 1.165) is 14.5 Å². The Bertz CT molecular complexity index is 418. The van der Waals surface area contributed by atoms with Crippen LogP contribution in [-0.4, -0.2) is 11.6 Å². The molecular weight excluding hydrogens is 336 g/mol. The van der Waals surface area contributed by atoms with Gasteiger partial charge in [0.05, 0.1) is 6.42 Å². The highest BCUT2D eigenvalue weighted by Gasteiger charge is 2.26. The van der Waals surface area contributed by atoms with Gasteiger partial charge in [0.25, 0.3) is 0 Å². The van der Waals surface area contributed by atoms with Gasteiger partial charge in [0.1, 0.15) is 11.6 Å². The van der Waals surface area contributed by atoms with Crippen molar-refractivity contribution in [2.24, 2.45) is 0 Å². The van der Waals surface area contributed by atoms with Gasteiger partial charge in [-0.1, -0.05) is 31.9 Å². The highest BCUT2D eigenvalue weighted by molar-refractivity contribution is 9.11. The van der Waals surface area contributed by atoms with E-state index >= 15 is 0 Å². The van der Waals surface area contributed by atoms with Gasteiger partial charge in [-0.05, 0) is 29.7 Å². The molecule has 0 saturated heterocycles. The first-order valence-electron chi connectivity index (χ1n) is 5.04. The molecule has 0 N–H and O–H groups in total. The maximum Gasteiger partial charge on any atom is 0.140 e. The predicted molar refractivity (Wildman–Crippen MR) is 68.4 cm³/mol.